The van der Waals surface area contributed by atoms with Gasteiger partial charge in [-0.1, -0.05) is 17.7 Å². The highest BCUT2D eigenvalue weighted by molar-refractivity contribution is 6.33. The minimum atomic E-state index is 0. The Labute approximate surface area is 105 Å². The molecule has 0 atom stereocenters. The molecular formula is C9H10Cl3N3. The Morgan fingerprint density at radius 1 is 1.27 bits per heavy atom. The van der Waals surface area contributed by atoms with Crippen LogP contribution in [0.3, 0.4) is 0 Å². The van der Waals surface area contributed by atoms with E-state index in [4.69, 9.17) is 17.3 Å². The monoisotopic (exact) mass is 265 g/mol. The van der Waals surface area contributed by atoms with Crippen LogP contribution in [0.2, 0.25) is 5.02 Å². The molecule has 0 saturated carbocycles. The van der Waals surface area contributed by atoms with Crippen molar-refractivity contribution in [1.82, 2.24) is 10.2 Å². The van der Waals surface area contributed by atoms with E-state index in [1.165, 1.54) is 0 Å². The van der Waals surface area contributed by atoms with Gasteiger partial charge >= 0.3 is 0 Å². The summed E-state index contributed by atoms with van der Waals surface area (Å²) < 4.78 is 0. The number of aromatic amines is 1. The van der Waals surface area contributed by atoms with Crippen LogP contribution < -0.4 is 5.73 Å². The number of benzene rings is 1. The van der Waals surface area contributed by atoms with Crippen molar-refractivity contribution in [2.75, 3.05) is 5.73 Å². The van der Waals surface area contributed by atoms with Gasteiger partial charge in [-0.15, -0.1) is 24.8 Å². The second-order valence-electron chi connectivity index (χ2n) is 2.73. The van der Waals surface area contributed by atoms with Crippen LogP contribution in [0.25, 0.3) is 11.1 Å². The van der Waals surface area contributed by atoms with Gasteiger partial charge in [0.1, 0.15) is 0 Å². The summed E-state index contributed by atoms with van der Waals surface area (Å²) in [5.74, 6) is 0. The van der Waals surface area contributed by atoms with Crippen LogP contribution in [0.5, 0.6) is 0 Å². The van der Waals surface area contributed by atoms with E-state index in [1.807, 2.05) is 12.1 Å². The predicted molar refractivity (Wildman–Crippen MR) is 67.9 cm³/mol. The Bertz CT molecular complexity index is 415. The summed E-state index contributed by atoms with van der Waals surface area (Å²) in [5, 5.41) is 7.22. The van der Waals surface area contributed by atoms with Crippen LogP contribution >= 0.6 is 36.4 Å². The van der Waals surface area contributed by atoms with Gasteiger partial charge in [0.2, 0.25) is 0 Å². The average Bonchev–Trinajstić information content (AvgIpc) is 2.56. The smallest absolute Gasteiger partial charge is 0.0566 e. The minimum Gasteiger partial charge on any atom is -0.399 e. The molecule has 15 heavy (non-hydrogen) atoms. The number of nitrogens with two attached hydrogens (primary N) is 1. The lowest BCUT2D eigenvalue weighted by molar-refractivity contribution is 1.09. The van der Waals surface area contributed by atoms with E-state index < -0.39 is 0 Å². The lowest BCUT2D eigenvalue weighted by Crippen LogP contribution is -1.84. The molecule has 1 aromatic heterocycles. The molecule has 0 aliphatic carbocycles. The number of hydrogen-bond donors (Lipinski definition) is 2. The fourth-order valence-corrected chi connectivity index (χ4v) is 1.46. The first-order valence-electron chi connectivity index (χ1n) is 3.81. The number of nitrogens with zero attached hydrogens (tertiary/aromatic N) is 1. The lowest BCUT2D eigenvalue weighted by Gasteiger charge is -2.01. The zero-order valence-corrected chi connectivity index (χ0v) is 9.99. The quantitative estimate of drug-likeness (QED) is 0.779. The standard InChI is InChI=1S/C9H8ClN3.2ClH/c10-9-3-7(11)1-2-8(9)6-4-12-13-5-6;;/h1-5H,11H2,(H,12,13);2*1H. The first-order chi connectivity index (χ1) is 6.27. The molecule has 82 valence electrons. The topological polar surface area (TPSA) is 54.7 Å². The summed E-state index contributed by atoms with van der Waals surface area (Å²) in [6.45, 7) is 0. The molecule has 0 aliphatic rings. The van der Waals surface area contributed by atoms with E-state index in [0.29, 0.717) is 10.7 Å². The van der Waals surface area contributed by atoms with Gasteiger partial charge in [-0.2, -0.15) is 5.10 Å². The third kappa shape index (κ3) is 3.02. The van der Waals surface area contributed by atoms with Crippen molar-refractivity contribution in [1.29, 1.82) is 0 Å². The fourth-order valence-electron chi connectivity index (χ4n) is 1.16. The molecule has 0 spiro atoms. The summed E-state index contributed by atoms with van der Waals surface area (Å²) in [7, 11) is 0. The molecule has 2 rings (SSSR count). The highest BCUT2D eigenvalue weighted by Crippen LogP contribution is 2.28. The van der Waals surface area contributed by atoms with Crippen molar-refractivity contribution in [3.05, 3.63) is 35.6 Å². The number of rotatable bonds is 1. The third-order valence-corrected chi connectivity index (χ3v) is 2.12. The molecule has 0 amide bonds. The van der Waals surface area contributed by atoms with E-state index in [9.17, 15) is 0 Å². The molecule has 0 fully saturated rings. The SMILES string of the molecule is Cl.Cl.Nc1ccc(-c2cn[nH]c2)c(Cl)c1. The second-order valence-corrected chi connectivity index (χ2v) is 3.13. The second kappa shape index (κ2) is 5.85. The largest absolute Gasteiger partial charge is 0.399 e. The van der Waals surface area contributed by atoms with E-state index in [1.54, 1.807) is 18.5 Å². The van der Waals surface area contributed by atoms with Gasteiger partial charge < -0.3 is 5.73 Å². The summed E-state index contributed by atoms with van der Waals surface area (Å²) in [4.78, 5) is 0. The van der Waals surface area contributed by atoms with Crippen molar-refractivity contribution in [3.8, 4) is 11.1 Å². The number of aromatic nitrogens is 2. The van der Waals surface area contributed by atoms with Crippen LogP contribution in [-0.2, 0) is 0 Å². The molecular weight excluding hydrogens is 256 g/mol. The van der Waals surface area contributed by atoms with Gasteiger partial charge in [0.25, 0.3) is 0 Å². The Hall–Kier alpha value is -0.900. The van der Waals surface area contributed by atoms with Gasteiger partial charge in [0.05, 0.1) is 11.2 Å². The summed E-state index contributed by atoms with van der Waals surface area (Å²) in [5.41, 5.74) is 8.13. The molecule has 2 aromatic rings. The Morgan fingerprint density at radius 2 is 2.00 bits per heavy atom. The number of nitrogens with one attached hydrogen (secondary N) is 1. The summed E-state index contributed by atoms with van der Waals surface area (Å²) in [6, 6.07) is 5.42. The number of H-pyrrole nitrogens is 1. The van der Waals surface area contributed by atoms with Crippen LogP contribution in [0, 0.1) is 0 Å². The predicted octanol–water partition coefficient (Wildman–Crippen LogP) is 3.16. The van der Waals surface area contributed by atoms with Crippen molar-refractivity contribution in [2.24, 2.45) is 0 Å². The maximum Gasteiger partial charge on any atom is 0.0566 e. The lowest BCUT2D eigenvalue weighted by atomic mass is 10.1. The zero-order chi connectivity index (χ0) is 9.26. The first-order valence-corrected chi connectivity index (χ1v) is 4.19. The normalized spacial score (nSPS) is 8.87. The van der Waals surface area contributed by atoms with Crippen molar-refractivity contribution < 1.29 is 0 Å². The summed E-state index contributed by atoms with van der Waals surface area (Å²) >= 11 is 6.00. The van der Waals surface area contributed by atoms with Crippen molar-refractivity contribution in [2.45, 2.75) is 0 Å². The summed E-state index contributed by atoms with van der Waals surface area (Å²) in [6.07, 6.45) is 3.51. The van der Waals surface area contributed by atoms with Crippen LogP contribution in [0.4, 0.5) is 5.69 Å². The van der Waals surface area contributed by atoms with Gasteiger partial charge in [-0.05, 0) is 12.1 Å². The van der Waals surface area contributed by atoms with Gasteiger partial charge in [-0.3, -0.25) is 5.10 Å². The molecule has 0 unspecified atom stereocenters. The van der Waals surface area contributed by atoms with Gasteiger partial charge in [0, 0.05) is 23.0 Å². The average molecular weight is 267 g/mol. The Kier molecular flexibility index (Phi) is 5.50. The van der Waals surface area contributed by atoms with Gasteiger partial charge in [-0.25, -0.2) is 0 Å². The number of hydrogen-bond acceptors (Lipinski definition) is 2. The molecule has 0 saturated heterocycles. The van der Waals surface area contributed by atoms with Crippen LogP contribution in [0.15, 0.2) is 30.6 Å². The highest BCUT2D eigenvalue weighted by atomic mass is 35.5. The number of anilines is 1. The molecule has 3 N–H and O–H groups in total. The molecule has 6 heteroatoms. The molecule has 3 nitrogen and oxygen atoms in total. The maximum atomic E-state index is 6.00. The molecule has 0 bridgehead atoms. The molecule has 0 radical (unpaired) electrons. The Morgan fingerprint density at radius 3 is 2.53 bits per heavy atom. The zero-order valence-electron chi connectivity index (χ0n) is 7.61. The van der Waals surface area contributed by atoms with E-state index >= 15 is 0 Å². The highest BCUT2D eigenvalue weighted by Gasteiger charge is 2.03. The maximum absolute atomic E-state index is 6.00. The molecule has 1 heterocycles. The van der Waals surface area contributed by atoms with E-state index in [0.717, 1.165) is 11.1 Å². The van der Waals surface area contributed by atoms with Gasteiger partial charge in [0.15, 0.2) is 0 Å². The van der Waals surface area contributed by atoms with Crippen molar-refractivity contribution >= 4 is 42.1 Å². The van der Waals surface area contributed by atoms with Crippen LogP contribution in [-0.4, -0.2) is 10.2 Å². The number of nitrogen functional groups attached to an aromatic ring is 1. The molecule has 1 aromatic carbocycles. The fraction of sp³-hybridized carbons (Fsp3) is 0. The van der Waals surface area contributed by atoms with E-state index in [2.05, 4.69) is 10.2 Å². The van der Waals surface area contributed by atoms with Crippen LogP contribution in [0.1, 0.15) is 0 Å². The minimum absolute atomic E-state index is 0. The first kappa shape index (κ1) is 14.1. The van der Waals surface area contributed by atoms with Crippen molar-refractivity contribution in [3.63, 3.8) is 0 Å². The van der Waals surface area contributed by atoms with E-state index in [-0.39, 0.29) is 24.8 Å². The third-order valence-electron chi connectivity index (χ3n) is 1.80. The molecule has 0 aliphatic heterocycles. The Balaban J connectivity index is 0.000000980. The number of halogens is 3.